The fraction of sp³-hybridized carbons (Fsp3) is 0. The molecule has 0 N–H and O–H groups in total. The molecule has 0 radical (unpaired) electrons. The Hall–Kier alpha value is -0.340. The van der Waals surface area contributed by atoms with Crippen molar-refractivity contribution in [3.8, 4) is 0 Å². The molecule has 0 fully saturated rings. The van der Waals surface area contributed by atoms with Crippen LogP contribution in [-0.4, -0.2) is 4.92 Å². The van der Waals surface area contributed by atoms with E-state index in [9.17, 15) is 10.1 Å². The second kappa shape index (κ2) is 3.67. The van der Waals surface area contributed by atoms with Crippen molar-refractivity contribution < 1.29 is 4.92 Å². The first kappa shape index (κ1) is 10.2. The van der Waals surface area contributed by atoms with Gasteiger partial charge < -0.3 is 0 Å². The summed E-state index contributed by atoms with van der Waals surface area (Å²) >= 11 is 7.67. The highest BCUT2D eigenvalue weighted by molar-refractivity contribution is 14.1. The van der Waals surface area contributed by atoms with Gasteiger partial charge in [0.25, 0.3) is 5.69 Å². The van der Waals surface area contributed by atoms with E-state index in [0.29, 0.717) is 4.70 Å². The molecule has 0 aliphatic carbocycles. The molecule has 6 heteroatoms. The Balaban J connectivity index is 2.88. The normalized spacial score (nSPS) is 10.7. The second-order valence-electron chi connectivity index (χ2n) is 2.68. The van der Waals surface area contributed by atoms with Crippen LogP contribution in [0.2, 0.25) is 0 Å². The monoisotopic (exact) mass is 337 g/mol. The van der Waals surface area contributed by atoms with Crippen LogP contribution in [0.3, 0.4) is 0 Å². The fourth-order valence-electron chi connectivity index (χ4n) is 1.21. The first-order chi connectivity index (χ1) is 6.59. The highest BCUT2D eigenvalue weighted by Crippen LogP contribution is 2.36. The predicted octanol–water partition coefficient (Wildman–Crippen LogP) is 3.70. The summed E-state index contributed by atoms with van der Waals surface area (Å²) in [7, 11) is 0. The van der Waals surface area contributed by atoms with E-state index < -0.39 is 0 Å². The molecular weight excluding hydrogens is 333 g/mol. The van der Waals surface area contributed by atoms with E-state index in [1.807, 2.05) is 11.4 Å². The van der Waals surface area contributed by atoms with Crippen LogP contribution in [0.4, 0.5) is 5.69 Å². The van der Waals surface area contributed by atoms with E-state index in [4.69, 9.17) is 0 Å². The maximum atomic E-state index is 10.8. The molecule has 0 spiro atoms. The second-order valence-corrected chi connectivity index (χ2v) is 5.29. The topological polar surface area (TPSA) is 43.1 Å². The van der Waals surface area contributed by atoms with Crippen molar-refractivity contribution in [1.82, 2.24) is 0 Å². The number of nitrogens with zero attached hydrogens (tertiary/aromatic N) is 1. The average molecular weight is 337 g/mol. The highest BCUT2D eigenvalue weighted by Gasteiger charge is 2.15. The van der Waals surface area contributed by atoms with Gasteiger partial charge in [-0.3, -0.25) is 10.1 Å². The highest BCUT2D eigenvalue weighted by atomic mass is 127. The maximum absolute atomic E-state index is 10.8. The summed E-state index contributed by atoms with van der Waals surface area (Å²) in [6.07, 6.45) is 0. The van der Waals surface area contributed by atoms with Crippen LogP contribution >= 0.6 is 46.6 Å². The lowest BCUT2D eigenvalue weighted by Crippen LogP contribution is -1.88. The molecule has 0 aliphatic rings. The van der Waals surface area contributed by atoms with Crippen LogP contribution in [0.1, 0.15) is 0 Å². The Kier molecular flexibility index (Phi) is 2.67. The zero-order valence-corrected chi connectivity index (χ0v) is 10.6. The van der Waals surface area contributed by atoms with Gasteiger partial charge in [0, 0.05) is 25.3 Å². The van der Waals surface area contributed by atoms with Crippen molar-refractivity contribution in [3.63, 3.8) is 0 Å². The van der Waals surface area contributed by atoms with Gasteiger partial charge in [-0.15, -0.1) is 24.0 Å². The van der Waals surface area contributed by atoms with Crippen LogP contribution in [0, 0.1) is 13.7 Å². The lowest BCUT2D eigenvalue weighted by Gasteiger charge is -1.96. The minimum Gasteiger partial charge on any atom is -0.258 e. The third-order valence-electron chi connectivity index (χ3n) is 1.80. The van der Waals surface area contributed by atoms with E-state index in [-0.39, 0.29) is 10.6 Å². The third-order valence-corrected chi connectivity index (χ3v) is 3.98. The molecule has 2 aromatic rings. The van der Waals surface area contributed by atoms with Gasteiger partial charge in [0.2, 0.25) is 0 Å². The maximum Gasteiger partial charge on any atom is 0.288 e. The summed E-state index contributed by atoms with van der Waals surface area (Å²) in [5, 5.41) is 13.4. The van der Waals surface area contributed by atoms with Crippen molar-refractivity contribution in [3.05, 3.63) is 31.2 Å². The summed E-state index contributed by atoms with van der Waals surface area (Å²) in [6, 6.07) is 3.48. The molecule has 1 aromatic heterocycles. The van der Waals surface area contributed by atoms with E-state index >= 15 is 0 Å². The average Bonchev–Trinajstić information content (AvgIpc) is 2.47. The summed E-state index contributed by atoms with van der Waals surface area (Å²) in [6.45, 7) is 0. The molecular formula is C8H4INO2S2. The molecule has 1 heterocycles. The number of hydrogen-bond donors (Lipinski definition) is 1. The van der Waals surface area contributed by atoms with Crippen molar-refractivity contribution in [2.75, 3.05) is 0 Å². The van der Waals surface area contributed by atoms with Gasteiger partial charge in [-0.1, -0.05) is 0 Å². The number of nitro groups is 1. The molecule has 0 bridgehead atoms. The SMILES string of the molecule is O=[N+]([O-])c1cc(I)cc2c(S)csc12. The van der Waals surface area contributed by atoms with Crippen molar-refractivity contribution in [1.29, 1.82) is 0 Å². The molecule has 0 aliphatic heterocycles. The van der Waals surface area contributed by atoms with Crippen LogP contribution in [0.5, 0.6) is 0 Å². The predicted molar refractivity (Wildman–Crippen MR) is 68.4 cm³/mol. The lowest BCUT2D eigenvalue weighted by atomic mass is 10.2. The number of halogens is 1. The van der Waals surface area contributed by atoms with Gasteiger partial charge >= 0.3 is 0 Å². The number of nitro benzene ring substituents is 1. The molecule has 3 nitrogen and oxygen atoms in total. The minimum absolute atomic E-state index is 0.164. The number of benzene rings is 1. The molecule has 14 heavy (non-hydrogen) atoms. The Labute approximate surface area is 103 Å². The zero-order valence-electron chi connectivity index (χ0n) is 6.73. The van der Waals surface area contributed by atoms with E-state index in [1.54, 1.807) is 6.07 Å². The van der Waals surface area contributed by atoms with Gasteiger partial charge in [0.05, 0.1) is 4.92 Å². The van der Waals surface area contributed by atoms with E-state index in [1.165, 1.54) is 11.3 Å². The first-order valence-corrected chi connectivity index (χ1v) is 6.04. The number of thiol groups is 1. The number of rotatable bonds is 1. The van der Waals surface area contributed by atoms with Crippen LogP contribution in [-0.2, 0) is 0 Å². The largest absolute Gasteiger partial charge is 0.288 e. The zero-order chi connectivity index (χ0) is 10.3. The van der Waals surface area contributed by atoms with Crippen molar-refractivity contribution in [2.24, 2.45) is 0 Å². The molecule has 2 rings (SSSR count). The smallest absolute Gasteiger partial charge is 0.258 e. The molecule has 0 atom stereocenters. The van der Waals surface area contributed by atoms with E-state index in [2.05, 4.69) is 35.2 Å². The molecule has 0 saturated heterocycles. The Morgan fingerprint density at radius 3 is 2.86 bits per heavy atom. The number of hydrogen-bond acceptors (Lipinski definition) is 4. The van der Waals surface area contributed by atoms with Crippen LogP contribution in [0.25, 0.3) is 10.1 Å². The summed E-state index contributed by atoms with van der Waals surface area (Å²) in [5.41, 5.74) is 0.164. The molecule has 0 saturated carbocycles. The van der Waals surface area contributed by atoms with Gasteiger partial charge in [0.15, 0.2) is 0 Å². The van der Waals surface area contributed by atoms with Crippen LogP contribution < -0.4 is 0 Å². The van der Waals surface area contributed by atoms with Crippen LogP contribution in [0.15, 0.2) is 22.4 Å². The molecule has 0 amide bonds. The Morgan fingerprint density at radius 1 is 1.50 bits per heavy atom. The Bertz CT molecular complexity index is 523. The van der Waals surface area contributed by atoms with Crippen molar-refractivity contribution >= 4 is 62.3 Å². The van der Waals surface area contributed by atoms with Gasteiger partial charge in [-0.2, -0.15) is 0 Å². The summed E-state index contributed by atoms with van der Waals surface area (Å²) in [4.78, 5) is 11.2. The number of non-ortho nitro benzene ring substituents is 1. The van der Waals surface area contributed by atoms with Crippen molar-refractivity contribution in [2.45, 2.75) is 4.90 Å². The van der Waals surface area contributed by atoms with Gasteiger partial charge in [-0.05, 0) is 28.7 Å². The quantitative estimate of drug-likeness (QED) is 0.373. The summed E-state index contributed by atoms with van der Waals surface area (Å²) < 4.78 is 1.55. The molecule has 72 valence electrons. The standard InChI is InChI=1S/C8H4INO2S2/c9-4-1-5-7(13)3-14-8(5)6(2-4)10(11)12/h1-3,13H. The minimum atomic E-state index is -0.353. The summed E-state index contributed by atoms with van der Waals surface area (Å²) in [5.74, 6) is 0. The number of thiophene rings is 1. The Morgan fingerprint density at radius 2 is 2.21 bits per heavy atom. The first-order valence-electron chi connectivity index (χ1n) is 3.63. The lowest BCUT2D eigenvalue weighted by molar-refractivity contribution is -0.382. The molecule has 1 aromatic carbocycles. The fourth-order valence-corrected chi connectivity index (χ4v) is 3.13. The molecule has 0 unspecified atom stereocenters. The third kappa shape index (κ3) is 1.61. The van der Waals surface area contributed by atoms with Gasteiger partial charge in [-0.25, -0.2) is 0 Å². The van der Waals surface area contributed by atoms with E-state index in [0.717, 1.165) is 13.9 Å². The van der Waals surface area contributed by atoms with Gasteiger partial charge in [0.1, 0.15) is 4.70 Å². The number of fused-ring (bicyclic) bond motifs is 1.